The molecule has 0 aliphatic heterocycles. The molecule has 76 valence electrons. The lowest BCUT2D eigenvalue weighted by atomic mass is 10.0. The van der Waals surface area contributed by atoms with Crippen molar-refractivity contribution in [3.05, 3.63) is 46.0 Å². The van der Waals surface area contributed by atoms with Gasteiger partial charge in [0.1, 0.15) is 6.10 Å². The molecule has 0 saturated carbocycles. The lowest BCUT2D eigenvalue weighted by Crippen LogP contribution is -2.26. The second-order valence-corrected chi connectivity index (χ2v) is 3.12. The highest BCUT2D eigenvalue weighted by atomic mass is 16.6. The largest absolute Gasteiger partial charge is 0.381 e. The first kappa shape index (κ1) is 10.7. The van der Waals surface area contributed by atoms with Gasteiger partial charge in [0.25, 0.3) is 0 Å². The summed E-state index contributed by atoms with van der Waals surface area (Å²) in [6, 6.07) is 7.78. The van der Waals surface area contributed by atoms with E-state index < -0.39 is 17.1 Å². The fourth-order valence-corrected chi connectivity index (χ4v) is 1.36. The first-order valence-corrected chi connectivity index (χ1v) is 4.53. The molecule has 4 nitrogen and oxygen atoms in total. The lowest BCUT2D eigenvalue weighted by Gasteiger charge is -2.14. The minimum Gasteiger partial charge on any atom is -0.381 e. The van der Waals surface area contributed by atoms with Gasteiger partial charge in [0.15, 0.2) is 0 Å². The molecule has 1 N–H and O–H groups in total. The van der Waals surface area contributed by atoms with E-state index >= 15 is 0 Å². The molecule has 0 aromatic heterocycles. The van der Waals surface area contributed by atoms with Gasteiger partial charge < -0.3 is 5.11 Å². The van der Waals surface area contributed by atoms with Crippen LogP contribution in [-0.4, -0.2) is 16.1 Å². The van der Waals surface area contributed by atoms with Crippen LogP contribution in [0.5, 0.6) is 0 Å². The summed E-state index contributed by atoms with van der Waals surface area (Å²) in [5.74, 6) is 0. The number of rotatable bonds is 4. The summed E-state index contributed by atoms with van der Waals surface area (Å²) >= 11 is 0. The standard InChI is InChI=1S/C10H13NO3/c1-2-9(11(13)14)10(12)8-6-4-3-5-7-8/h3-7,9-10,12H,2H2,1H3. The predicted octanol–water partition coefficient (Wildman–Crippen LogP) is 1.78. The summed E-state index contributed by atoms with van der Waals surface area (Å²) in [7, 11) is 0. The van der Waals surface area contributed by atoms with Crippen LogP contribution >= 0.6 is 0 Å². The van der Waals surface area contributed by atoms with Gasteiger partial charge in [-0.25, -0.2) is 0 Å². The number of hydrogen-bond donors (Lipinski definition) is 1. The average Bonchev–Trinajstić information content (AvgIpc) is 2.19. The van der Waals surface area contributed by atoms with Crippen molar-refractivity contribution in [2.24, 2.45) is 0 Å². The number of benzene rings is 1. The van der Waals surface area contributed by atoms with Crippen LogP contribution in [0.1, 0.15) is 25.0 Å². The number of aliphatic hydroxyl groups is 1. The Balaban J connectivity index is 2.83. The molecule has 4 heteroatoms. The smallest absolute Gasteiger partial charge is 0.242 e. The zero-order valence-electron chi connectivity index (χ0n) is 7.96. The summed E-state index contributed by atoms with van der Waals surface area (Å²) in [5, 5.41) is 20.3. The molecule has 0 spiro atoms. The lowest BCUT2D eigenvalue weighted by molar-refractivity contribution is -0.536. The molecule has 0 aliphatic carbocycles. The highest BCUT2D eigenvalue weighted by molar-refractivity contribution is 5.18. The van der Waals surface area contributed by atoms with E-state index in [1.165, 1.54) is 0 Å². The van der Waals surface area contributed by atoms with E-state index in [0.29, 0.717) is 12.0 Å². The van der Waals surface area contributed by atoms with E-state index in [1.54, 1.807) is 31.2 Å². The fourth-order valence-electron chi connectivity index (χ4n) is 1.36. The van der Waals surface area contributed by atoms with Crippen LogP contribution in [0.15, 0.2) is 30.3 Å². The van der Waals surface area contributed by atoms with Gasteiger partial charge in [0, 0.05) is 11.3 Å². The van der Waals surface area contributed by atoms with E-state index in [9.17, 15) is 15.2 Å². The molecule has 0 aliphatic rings. The third kappa shape index (κ3) is 2.29. The van der Waals surface area contributed by atoms with Gasteiger partial charge in [0.2, 0.25) is 6.04 Å². The summed E-state index contributed by atoms with van der Waals surface area (Å²) in [6.07, 6.45) is -0.695. The fraction of sp³-hybridized carbons (Fsp3) is 0.400. The summed E-state index contributed by atoms with van der Waals surface area (Å²) < 4.78 is 0. The molecule has 0 fully saturated rings. The molecule has 0 radical (unpaired) electrons. The molecule has 1 rings (SSSR count). The molecule has 1 aromatic carbocycles. The van der Waals surface area contributed by atoms with Crippen molar-refractivity contribution < 1.29 is 10.0 Å². The maximum absolute atomic E-state index is 10.6. The molecular formula is C10H13NO3. The van der Waals surface area contributed by atoms with Crippen molar-refractivity contribution in [3.63, 3.8) is 0 Å². The Labute approximate surface area is 82.3 Å². The van der Waals surface area contributed by atoms with Gasteiger partial charge in [-0.3, -0.25) is 10.1 Å². The Morgan fingerprint density at radius 1 is 1.43 bits per heavy atom. The zero-order chi connectivity index (χ0) is 10.6. The maximum Gasteiger partial charge on any atom is 0.242 e. The molecule has 0 bridgehead atoms. The van der Waals surface area contributed by atoms with Crippen molar-refractivity contribution >= 4 is 0 Å². The van der Waals surface area contributed by atoms with Crippen LogP contribution in [0, 0.1) is 10.1 Å². The Bertz CT molecular complexity index is 299. The molecule has 1 aromatic rings. The van der Waals surface area contributed by atoms with Crippen molar-refractivity contribution in [1.82, 2.24) is 0 Å². The zero-order valence-corrected chi connectivity index (χ0v) is 7.96. The van der Waals surface area contributed by atoms with E-state index in [-0.39, 0.29) is 0 Å². The molecule has 0 saturated heterocycles. The van der Waals surface area contributed by atoms with Crippen LogP contribution in [0.25, 0.3) is 0 Å². The first-order chi connectivity index (χ1) is 6.66. The van der Waals surface area contributed by atoms with E-state index in [1.807, 2.05) is 6.07 Å². The van der Waals surface area contributed by atoms with Crippen LogP contribution in [-0.2, 0) is 0 Å². The number of nitrogens with zero attached hydrogens (tertiary/aromatic N) is 1. The van der Waals surface area contributed by atoms with E-state index in [4.69, 9.17) is 0 Å². The maximum atomic E-state index is 10.6. The Morgan fingerprint density at radius 2 is 2.00 bits per heavy atom. The minimum atomic E-state index is -1.02. The third-order valence-corrected chi connectivity index (χ3v) is 2.19. The minimum absolute atomic E-state index is 0.322. The highest BCUT2D eigenvalue weighted by Crippen LogP contribution is 2.20. The van der Waals surface area contributed by atoms with Gasteiger partial charge in [0.05, 0.1) is 0 Å². The van der Waals surface area contributed by atoms with Crippen molar-refractivity contribution in [3.8, 4) is 0 Å². The molecular weight excluding hydrogens is 182 g/mol. The monoisotopic (exact) mass is 195 g/mol. The van der Waals surface area contributed by atoms with E-state index in [0.717, 1.165) is 0 Å². The van der Waals surface area contributed by atoms with Gasteiger partial charge in [-0.15, -0.1) is 0 Å². The molecule has 0 amide bonds. The topological polar surface area (TPSA) is 63.4 Å². The Hall–Kier alpha value is -1.42. The van der Waals surface area contributed by atoms with Crippen molar-refractivity contribution in [2.45, 2.75) is 25.5 Å². The van der Waals surface area contributed by atoms with Crippen molar-refractivity contribution in [1.29, 1.82) is 0 Å². The molecule has 2 atom stereocenters. The molecule has 2 unspecified atom stereocenters. The Morgan fingerprint density at radius 3 is 2.43 bits per heavy atom. The first-order valence-electron chi connectivity index (χ1n) is 4.53. The normalized spacial score (nSPS) is 14.7. The second-order valence-electron chi connectivity index (χ2n) is 3.12. The predicted molar refractivity (Wildman–Crippen MR) is 52.5 cm³/mol. The van der Waals surface area contributed by atoms with Gasteiger partial charge in [-0.05, 0) is 5.56 Å². The van der Waals surface area contributed by atoms with Crippen LogP contribution in [0.4, 0.5) is 0 Å². The van der Waals surface area contributed by atoms with Crippen LogP contribution in [0.3, 0.4) is 0 Å². The number of nitro groups is 1. The Kier molecular flexibility index (Phi) is 3.59. The SMILES string of the molecule is CCC(C(O)c1ccccc1)[N+](=O)[O-]. The van der Waals surface area contributed by atoms with Gasteiger partial charge in [-0.2, -0.15) is 0 Å². The summed E-state index contributed by atoms with van der Waals surface area (Å²) in [6.45, 7) is 1.69. The van der Waals surface area contributed by atoms with Gasteiger partial charge in [-0.1, -0.05) is 37.3 Å². The number of hydrogen-bond acceptors (Lipinski definition) is 3. The van der Waals surface area contributed by atoms with Crippen molar-refractivity contribution in [2.75, 3.05) is 0 Å². The third-order valence-electron chi connectivity index (χ3n) is 2.19. The molecule has 0 heterocycles. The highest BCUT2D eigenvalue weighted by Gasteiger charge is 2.28. The summed E-state index contributed by atoms with van der Waals surface area (Å²) in [4.78, 5) is 10.2. The average molecular weight is 195 g/mol. The quantitative estimate of drug-likeness (QED) is 0.588. The van der Waals surface area contributed by atoms with Gasteiger partial charge >= 0.3 is 0 Å². The number of aliphatic hydroxyl groups excluding tert-OH is 1. The van der Waals surface area contributed by atoms with Crippen LogP contribution in [0.2, 0.25) is 0 Å². The van der Waals surface area contributed by atoms with Crippen LogP contribution < -0.4 is 0 Å². The summed E-state index contributed by atoms with van der Waals surface area (Å²) in [5.41, 5.74) is 0.594. The van der Waals surface area contributed by atoms with E-state index in [2.05, 4.69) is 0 Å². The second kappa shape index (κ2) is 4.72. The molecule has 14 heavy (non-hydrogen) atoms.